The maximum atomic E-state index is 12.8. The molecule has 0 heterocycles. The van der Waals surface area contributed by atoms with E-state index in [1.807, 2.05) is 5.32 Å². The van der Waals surface area contributed by atoms with Crippen LogP contribution >= 0.6 is 26.6 Å². The molecule has 0 atom stereocenters. The van der Waals surface area contributed by atoms with Crippen LogP contribution in [-0.2, 0) is 9.05 Å². The first-order chi connectivity index (χ1) is 9.46. The minimum atomic E-state index is -4.54. The predicted molar refractivity (Wildman–Crippen MR) is 72.7 cm³/mol. The second-order valence-electron chi connectivity index (χ2n) is 4.62. The van der Waals surface area contributed by atoms with Gasteiger partial charge in [0.1, 0.15) is 5.54 Å². The summed E-state index contributed by atoms with van der Waals surface area (Å²) in [4.78, 5) is 11.5. The van der Waals surface area contributed by atoms with Gasteiger partial charge in [0.05, 0.1) is 4.90 Å². The van der Waals surface area contributed by atoms with Crippen LogP contribution < -0.4 is 5.32 Å². The van der Waals surface area contributed by atoms with E-state index in [0.29, 0.717) is 0 Å². The first kappa shape index (κ1) is 16.6. The third kappa shape index (κ3) is 3.35. The molecule has 1 amide bonds. The van der Waals surface area contributed by atoms with E-state index < -0.39 is 26.7 Å². The molecule has 1 aliphatic carbocycles. The Kier molecular flexibility index (Phi) is 4.05. The number of amides is 1. The van der Waals surface area contributed by atoms with Gasteiger partial charge < -0.3 is 5.32 Å². The molecular weight excluding hydrogens is 399 g/mol. The second-order valence-corrected chi connectivity index (χ2v) is 8.01. The Morgan fingerprint density at radius 2 is 1.90 bits per heavy atom. The second kappa shape index (κ2) is 5.13. The molecule has 1 aromatic rings. The number of halogens is 5. The zero-order chi connectivity index (χ0) is 16.1. The summed E-state index contributed by atoms with van der Waals surface area (Å²) in [5.74, 6) is -1.00. The van der Waals surface area contributed by atoms with Crippen LogP contribution in [0.3, 0.4) is 0 Å². The van der Waals surface area contributed by atoms with E-state index in [0.717, 1.165) is 6.07 Å². The molecule has 0 spiro atoms. The van der Waals surface area contributed by atoms with Crippen molar-refractivity contribution in [2.24, 2.45) is 0 Å². The average molecular weight is 407 g/mol. The Balaban J connectivity index is 2.30. The van der Waals surface area contributed by atoms with Crippen LogP contribution in [0.4, 0.5) is 13.2 Å². The smallest absolute Gasteiger partial charge is 0.338 e. The molecular formula is C11H8BrClF3NO3S. The topological polar surface area (TPSA) is 63.2 Å². The minimum absolute atomic E-state index is 0.117. The summed E-state index contributed by atoms with van der Waals surface area (Å²) < 4.78 is 61.0. The number of hydrogen-bond donors (Lipinski definition) is 1. The summed E-state index contributed by atoms with van der Waals surface area (Å²) in [5.41, 5.74) is -2.43. The van der Waals surface area contributed by atoms with Gasteiger partial charge >= 0.3 is 6.18 Å². The summed E-state index contributed by atoms with van der Waals surface area (Å²) >= 11 is 2.95. The van der Waals surface area contributed by atoms with Crippen molar-refractivity contribution in [3.8, 4) is 0 Å². The highest BCUT2D eigenvalue weighted by molar-refractivity contribution is 9.10. The van der Waals surface area contributed by atoms with E-state index >= 15 is 0 Å². The van der Waals surface area contributed by atoms with Crippen LogP contribution in [0.1, 0.15) is 23.2 Å². The van der Waals surface area contributed by atoms with Crippen molar-refractivity contribution in [2.75, 3.05) is 0 Å². The number of alkyl halides is 3. The van der Waals surface area contributed by atoms with E-state index in [-0.39, 0.29) is 27.8 Å². The maximum absolute atomic E-state index is 12.8. The lowest BCUT2D eigenvalue weighted by Crippen LogP contribution is -2.47. The fourth-order valence-electron chi connectivity index (χ4n) is 1.73. The normalized spacial score (nSPS) is 17.4. The molecule has 116 valence electrons. The van der Waals surface area contributed by atoms with Crippen molar-refractivity contribution in [3.05, 3.63) is 28.2 Å². The fraction of sp³-hybridized carbons (Fsp3) is 0.364. The van der Waals surface area contributed by atoms with Crippen LogP contribution in [0, 0.1) is 0 Å². The van der Waals surface area contributed by atoms with Gasteiger partial charge in [-0.1, -0.05) is 0 Å². The van der Waals surface area contributed by atoms with Gasteiger partial charge in [-0.2, -0.15) is 13.2 Å². The largest absolute Gasteiger partial charge is 0.411 e. The van der Waals surface area contributed by atoms with Crippen molar-refractivity contribution in [2.45, 2.75) is 29.5 Å². The van der Waals surface area contributed by atoms with E-state index in [2.05, 4.69) is 15.9 Å². The number of nitrogens with one attached hydrogen (secondary N) is 1. The van der Waals surface area contributed by atoms with Gasteiger partial charge in [-0.15, -0.1) is 0 Å². The third-order valence-corrected chi connectivity index (χ3v) is 5.42. The summed E-state index contributed by atoms with van der Waals surface area (Å²) in [6.45, 7) is 0. The highest BCUT2D eigenvalue weighted by Crippen LogP contribution is 2.49. The molecule has 21 heavy (non-hydrogen) atoms. The van der Waals surface area contributed by atoms with Crippen molar-refractivity contribution in [1.29, 1.82) is 0 Å². The van der Waals surface area contributed by atoms with E-state index in [1.54, 1.807) is 0 Å². The van der Waals surface area contributed by atoms with Gasteiger partial charge in [0.15, 0.2) is 0 Å². The summed E-state index contributed by atoms with van der Waals surface area (Å²) in [6, 6.07) is 3.36. The van der Waals surface area contributed by atoms with Gasteiger partial charge in [-0.25, -0.2) is 8.42 Å². The van der Waals surface area contributed by atoms with Crippen molar-refractivity contribution in [1.82, 2.24) is 5.32 Å². The quantitative estimate of drug-likeness (QED) is 0.784. The van der Waals surface area contributed by atoms with Crippen molar-refractivity contribution < 1.29 is 26.4 Å². The molecule has 0 radical (unpaired) electrons. The molecule has 1 aromatic carbocycles. The minimum Gasteiger partial charge on any atom is -0.338 e. The van der Waals surface area contributed by atoms with Crippen molar-refractivity contribution in [3.63, 3.8) is 0 Å². The average Bonchev–Trinajstić information content (AvgIpc) is 3.08. The fourth-order valence-corrected chi connectivity index (χ4v) is 3.84. The van der Waals surface area contributed by atoms with Gasteiger partial charge in [0, 0.05) is 20.7 Å². The molecule has 4 nitrogen and oxygen atoms in total. The summed E-state index contributed by atoms with van der Waals surface area (Å²) in [6.07, 6.45) is -4.93. The van der Waals surface area contributed by atoms with Crippen molar-refractivity contribution >= 4 is 41.6 Å². The van der Waals surface area contributed by atoms with E-state index in [4.69, 9.17) is 10.7 Å². The van der Waals surface area contributed by atoms with Gasteiger partial charge in [-0.3, -0.25) is 4.79 Å². The zero-order valence-corrected chi connectivity index (χ0v) is 13.3. The van der Waals surface area contributed by atoms with Crippen LogP contribution in [0.2, 0.25) is 0 Å². The molecule has 1 aliphatic rings. The van der Waals surface area contributed by atoms with E-state index in [9.17, 15) is 26.4 Å². The van der Waals surface area contributed by atoms with Crippen LogP contribution in [0.5, 0.6) is 0 Å². The molecule has 1 N–H and O–H groups in total. The molecule has 1 saturated carbocycles. The first-order valence-corrected chi connectivity index (χ1v) is 8.70. The Morgan fingerprint density at radius 1 is 1.33 bits per heavy atom. The van der Waals surface area contributed by atoms with Crippen LogP contribution in [0.25, 0.3) is 0 Å². The lowest BCUT2D eigenvalue weighted by atomic mass is 10.2. The Hall–Kier alpha value is -0.800. The zero-order valence-electron chi connectivity index (χ0n) is 10.2. The van der Waals surface area contributed by atoms with Crippen LogP contribution in [-0.4, -0.2) is 26.0 Å². The molecule has 0 bridgehead atoms. The van der Waals surface area contributed by atoms with Gasteiger partial charge in [0.2, 0.25) is 0 Å². The van der Waals surface area contributed by atoms with Gasteiger partial charge in [0.25, 0.3) is 15.0 Å². The highest BCUT2D eigenvalue weighted by Gasteiger charge is 2.64. The standard InChI is InChI=1S/C11H8BrClF3NO3S/c12-7-2-1-6(5-8(7)21(13,19)20)9(18)17-10(3-4-10)11(14,15)16/h1-2,5H,3-4H2,(H,17,18). The number of carbonyl (C=O) groups excluding carboxylic acids is 1. The molecule has 0 saturated heterocycles. The lowest BCUT2D eigenvalue weighted by molar-refractivity contribution is -0.163. The SMILES string of the molecule is O=C(NC1(C(F)(F)F)CC1)c1ccc(Br)c(S(=O)(=O)Cl)c1. The number of hydrogen-bond acceptors (Lipinski definition) is 3. The number of benzene rings is 1. The Bertz CT molecular complexity index is 701. The van der Waals surface area contributed by atoms with Gasteiger partial charge in [-0.05, 0) is 47.0 Å². The number of carbonyl (C=O) groups is 1. The monoisotopic (exact) mass is 405 g/mol. The highest BCUT2D eigenvalue weighted by atomic mass is 79.9. The summed E-state index contributed by atoms with van der Waals surface area (Å²) in [5, 5.41) is 1.90. The summed E-state index contributed by atoms with van der Waals surface area (Å²) in [7, 11) is 1.07. The molecule has 2 rings (SSSR count). The molecule has 10 heteroatoms. The maximum Gasteiger partial charge on any atom is 0.411 e. The van der Waals surface area contributed by atoms with E-state index in [1.165, 1.54) is 12.1 Å². The number of rotatable bonds is 3. The Morgan fingerprint density at radius 3 is 2.33 bits per heavy atom. The lowest BCUT2D eigenvalue weighted by Gasteiger charge is -2.20. The first-order valence-electron chi connectivity index (χ1n) is 5.60. The van der Waals surface area contributed by atoms with Crippen LogP contribution in [0.15, 0.2) is 27.6 Å². The molecule has 0 unspecified atom stereocenters. The molecule has 0 aliphatic heterocycles. The third-order valence-electron chi connectivity index (χ3n) is 3.10. The predicted octanol–water partition coefficient (Wildman–Crippen LogP) is 3.20. The Labute approximate surface area is 131 Å². The molecule has 0 aromatic heterocycles. The molecule has 1 fully saturated rings.